The lowest BCUT2D eigenvalue weighted by molar-refractivity contribution is 1.18. The molecule has 13 aromatic rings. The van der Waals surface area contributed by atoms with E-state index in [1.165, 1.54) is 109 Å². The van der Waals surface area contributed by atoms with E-state index in [9.17, 15) is 0 Å². The molecule has 2 heteroatoms. The van der Waals surface area contributed by atoms with Crippen molar-refractivity contribution < 1.29 is 0 Å². The molecule has 0 bridgehead atoms. The van der Waals surface area contributed by atoms with Crippen LogP contribution < -0.4 is 0 Å². The van der Waals surface area contributed by atoms with Gasteiger partial charge < -0.3 is 9.13 Å². The number of aromatic nitrogens is 2. The summed E-state index contributed by atoms with van der Waals surface area (Å²) in [6.45, 7) is 0. The number of nitrogens with zero attached hydrogens (tertiary/aromatic N) is 2. The predicted octanol–water partition coefficient (Wildman–Crippen LogP) is 16.3. The molecule has 0 aliphatic carbocycles. The lowest BCUT2D eigenvalue weighted by atomic mass is 9.91. The second-order valence-corrected chi connectivity index (χ2v) is 16.5. The molecule has 11 aromatic carbocycles. The molecule has 0 radical (unpaired) electrons. The number of hydrogen-bond donors (Lipinski definition) is 0. The Morgan fingerprint density at radius 2 is 0.661 bits per heavy atom. The maximum atomic E-state index is 2.42. The number of benzene rings is 11. The number of fused-ring (bicyclic) bond motifs is 11. The molecule has 0 unspecified atom stereocenters. The zero-order chi connectivity index (χ0) is 40.7. The van der Waals surface area contributed by atoms with E-state index in [-0.39, 0.29) is 0 Å². The van der Waals surface area contributed by atoms with Gasteiger partial charge in [-0.15, -0.1) is 0 Å². The van der Waals surface area contributed by atoms with Gasteiger partial charge in [-0.2, -0.15) is 0 Å². The first-order chi connectivity index (χ1) is 30.7. The van der Waals surface area contributed by atoms with Crippen LogP contribution in [-0.2, 0) is 0 Å². The van der Waals surface area contributed by atoms with Crippen LogP contribution >= 0.6 is 0 Å². The summed E-state index contributed by atoms with van der Waals surface area (Å²) in [6, 6.07) is 84.7. The molecule has 2 aromatic heterocycles. The summed E-state index contributed by atoms with van der Waals surface area (Å²) in [4.78, 5) is 0. The van der Waals surface area contributed by atoms with E-state index in [0.717, 1.165) is 11.4 Å². The lowest BCUT2D eigenvalue weighted by Gasteiger charge is -2.14. The predicted molar refractivity (Wildman–Crippen MR) is 264 cm³/mol. The molecule has 0 fully saturated rings. The fourth-order valence-corrected chi connectivity index (χ4v) is 10.2. The Morgan fingerprint density at radius 1 is 0.226 bits per heavy atom. The van der Waals surface area contributed by atoms with Gasteiger partial charge in [-0.25, -0.2) is 0 Å². The zero-order valence-electron chi connectivity index (χ0n) is 33.8. The Labute approximate surface area is 358 Å². The van der Waals surface area contributed by atoms with Gasteiger partial charge in [0.25, 0.3) is 0 Å². The van der Waals surface area contributed by atoms with Crippen molar-refractivity contribution in [2.24, 2.45) is 0 Å². The molecule has 0 spiro atoms. The minimum atomic E-state index is 1.15. The van der Waals surface area contributed by atoms with Crippen molar-refractivity contribution in [1.29, 1.82) is 0 Å². The van der Waals surface area contributed by atoms with Crippen LogP contribution in [0.4, 0.5) is 0 Å². The molecule has 0 N–H and O–H groups in total. The summed E-state index contributed by atoms with van der Waals surface area (Å²) in [7, 11) is 0. The second-order valence-electron chi connectivity index (χ2n) is 16.5. The van der Waals surface area contributed by atoms with Crippen molar-refractivity contribution in [3.05, 3.63) is 231 Å². The van der Waals surface area contributed by atoms with Gasteiger partial charge in [0.05, 0.1) is 22.1 Å². The monoisotopic (exact) mass is 786 g/mol. The Hall–Kier alpha value is -8.20. The second kappa shape index (κ2) is 13.7. The van der Waals surface area contributed by atoms with Crippen LogP contribution in [0.3, 0.4) is 0 Å². The quantitative estimate of drug-likeness (QED) is 0.154. The van der Waals surface area contributed by atoms with Crippen molar-refractivity contribution in [2.45, 2.75) is 0 Å². The summed E-state index contributed by atoms with van der Waals surface area (Å²) in [5.74, 6) is 0. The van der Waals surface area contributed by atoms with Crippen LogP contribution in [0.25, 0.3) is 121 Å². The van der Waals surface area contributed by atoms with E-state index >= 15 is 0 Å². The fraction of sp³-hybridized carbons (Fsp3) is 0. The summed E-state index contributed by atoms with van der Waals surface area (Å²) in [5, 5.41) is 12.7. The standard InChI is InChI=1S/C60H38N2/c1-2-12-39(13-3-1)40-24-30-46(31-25-40)61-56-20-10-8-17-50(56)54-36-43(28-34-58(54)61)44-29-35-59-55(37-44)51-18-9-11-21-57(51)62(59)47-32-26-42(27-33-47)53-38-45-23-22-41-14-4-5-15-48(41)60(45)52-19-7-6-16-49(52)53/h1-38H. The van der Waals surface area contributed by atoms with Crippen LogP contribution in [0.15, 0.2) is 231 Å². The van der Waals surface area contributed by atoms with Gasteiger partial charge in [0.15, 0.2) is 0 Å². The van der Waals surface area contributed by atoms with Crippen LogP contribution in [0.5, 0.6) is 0 Å². The molecule has 62 heavy (non-hydrogen) atoms. The summed E-state index contributed by atoms with van der Waals surface area (Å²) in [5.41, 5.74) is 14.4. The van der Waals surface area contributed by atoms with E-state index in [1.54, 1.807) is 0 Å². The summed E-state index contributed by atoms with van der Waals surface area (Å²) >= 11 is 0. The van der Waals surface area contributed by atoms with Gasteiger partial charge in [-0.05, 0) is 132 Å². The van der Waals surface area contributed by atoms with Gasteiger partial charge >= 0.3 is 0 Å². The van der Waals surface area contributed by atoms with Crippen LogP contribution in [-0.4, -0.2) is 9.13 Å². The highest BCUT2D eigenvalue weighted by molar-refractivity contribution is 6.23. The normalized spacial score (nSPS) is 11.9. The smallest absolute Gasteiger partial charge is 0.0541 e. The molecular formula is C60H38N2. The molecular weight excluding hydrogens is 749 g/mol. The highest BCUT2D eigenvalue weighted by Gasteiger charge is 2.17. The van der Waals surface area contributed by atoms with E-state index in [0.29, 0.717) is 0 Å². The van der Waals surface area contributed by atoms with Crippen LogP contribution in [0.1, 0.15) is 0 Å². The highest BCUT2D eigenvalue weighted by Crippen LogP contribution is 2.41. The highest BCUT2D eigenvalue weighted by atomic mass is 15.0. The van der Waals surface area contributed by atoms with Crippen molar-refractivity contribution in [2.75, 3.05) is 0 Å². The third kappa shape index (κ3) is 5.30. The first-order valence-corrected chi connectivity index (χ1v) is 21.4. The molecule has 13 rings (SSSR count). The average molecular weight is 787 g/mol. The molecule has 2 nitrogen and oxygen atoms in total. The number of para-hydroxylation sites is 2. The molecule has 0 aliphatic heterocycles. The fourth-order valence-electron chi connectivity index (χ4n) is 10.2. The van der Waals surface area contributed by atoms with Crippen molar-refractivity contribution >= 4 is 75.9 Å². The zero-order valence-corrected chi connectivity index (χ0v) is 33.8. The molecule has 0 atom stereocenters. The van der Waals surface area contributed by atoms with E-state index in [2.05, 4.69) is 240 Å². The Bertz CT molecular complexity index is 3890. The minimum Gasteiger partial charge on any atom is -0.309 e. The maximum absolute atomic E-state index is 2.42. The Kier molecular flexibility index (Phi) is 7.64. The third-order valence-corrected chi connectivity index (χ3v) is 13.1. The number of rotatable bonds is 5. The lowest BCUT2D eigenvalue weighted by Crippen LogP contribution is -1.94. The van der Waals surface area contributed by atoms with Gasteiger partial charge in [-0.3, -0.25) is 0 Å². The summed E-state index contributed by atoms with van der Waals surface area (Å²) < 4.78 is 4.82. The Balaban J connectivity index is 0.902. The summed E-state index contributed by atoms with van der Waals surface area (Å²) in [6.07, 6.45) is 0. The maximum Gasteiger partial charge on any atom is 0.0541 e. The SMILES string of the molecule is c1ccc(-c2ccc(-n3c4ccccc4c4cc(-c5ccc6c(c5)c5ccccc5n6-c5ccc(-c6cc7ccc8ccccc8c7c7ccccc67)cc5)ccc43)cc2)cc1. The van der Waals surface area contributed by atoms with Crippen molar-refractivity contribution in [3.63, 3.8) is 0 Å². The van der Waals surface area contributed by atoms with Crippen LogP contribution in [0, 0.1) is 0 Å². The van der Waals surface area contributed by atoms with E-state index < -0.39 is 0 Å². The van der Waals surface area contributed by atoms with E-state index in [1.807, 2.05) is 0 Å². The van der Waals surface area contributed by atoms with Crippen LogP contribution in [0.2, 0.25) is 0 Å². The topological polar surface area (TPSA) is 9.86 Å². The first-order valence-electron chi connectivity index (χ1n) is 21.4. The van der Waals surface area contributed by atoms with Gasteiger partial charge in [-0.1, -0.05) is 164 Å². The number of hydrogen-bond acceptors (Lipinski definition) is 0. The van der Waals surface area contributed by atoms with Gasteiger partial charge in [0.1, 0.15) is 0 Å². The average Bonchev–Trinajstić information content (AvgIpc) is 3.86. The molecule has 0 saturated heterocycles. The molecule has 288 valence electrons. The van der Waals surface area contributed by atoms with Crippen molar-refractivity contribution in [1.82, 2.24) is 9.13 Å². The first kappa shape index (κ1) is 34.6. The largest absolute Gasteiger partial charge is 0.309 e. The third-order valence-electron chi connectivity index (χ3n) is 13.1. The van der Waals surface area contributed by atoms with Gasteiger partial charge in [0.2, 0.25) is 0 Å². The van der Waals surface area contributed by atoms with Crippen molar-refractivity contribution in [3.8, 4) is 44.8 Å². The Morgan fingerprint density at radius 3 is 1.27 bits per heavy atom. The molecule has 2 heterocycles. The van der Waals surface area contributed by atoms with E-state index in [4.69, 9.17) is 0 Å². The molecule has 0 aliphatic rings. The molecule has 0 saturated carbocycles. The van der Waals surface area contributed by atoms with Gasteiger partial charge in [0, 0.05) is 32.9 Å². The minimum absolute atomic E-state index is 1.15. The molecule has 0 amide bonds.